The predicted octanol–water partition coefficient (Wildman–Crippen LogP) is 0.718. The van der Waals surface area contributed by atoms with Crippen LogP contribution in [0, 0.1) is 5.92 Å². The van der Waals surface area contributed by atoms with E-state index in [1.165, 1.54) is 22.2 Å². The molecular weight excluding hydrogens is 270 g/mol. The van der Waals surface area contributed by atoms with E-state index in [-0.39, 0.29) is 5.69 Å². The molecule has 7 nitrogen and oxygen atoms in total. The first-order chi connectivity index (χ1) is 10.1. The van der Waals surface area contributed by atoms with Crippen molar-refractivity contribution in [2.24, 2.45) is 11.7 Å². The number of carbonyl (C=O) groups excluding carboxylic acids is 1. The smallest absolute Gasteiger partial charge is 0.366 e. The van der Waals surface area contributed by atoms with Crippen molar-refractivity contribution in [1.82, 2.24) is 19.8 Å². The van der Waals surface area contributed by atoms with E-state index in [1.807, 2.05) is 0 Å². The second-order valence-corrected chi connectivity index (χ2v) is 5.42. The number of aromatic nitrogens is 4. The molecule has 1 aromatic carbocycles. The van der Waals surface area contributed by atoms with Gasteiger partial charge in [-0.2, -0.15) is 9.36 Å². The van der Waals surface area contributed by atoms with Crippen LogP contribution < -0.4 is 11.4 Å². The van der Waals surface area contributed by atoms with Gasteiger partial charge >= 0.3 is 5.69 Å². The van der Waals surface area contributed by atoms with Gasteiger partial charge in [0.15, 0.2) is 0 Å². The molecule has 0 atom stereocenters. The zero-order valence-electron chi connectivity index (χ0n) is 11.6. The summed E-state index contributed by atoms with van der Waals surface area (Å²) in [6, 6.07) is 6.41. The van der Waals surface area contributed by atoms with Gasteiger partial charge in [-0.05, 0) is 53.5 Å². The predicted molar refractivity (Wildman–Crippen MR) is 76.1 cm³/mol. The molecule has 0 radical (unpaired) electrons. The van der Waals surface area contributed by atoms with E-state index >= 15 is 0 Å². The van der Waals surface area contributed by atoms with Crippen LogP contribution in [0.1, 0.15) is 36.0 Å². The van der Waals surface area contributed by atoms with Gasteiger partial charge in [0.2, 0.25) is 5.91 Å². The van der Waals surface area contributed by atoms with Gasteiger partial charge < -0.3 is 5.73 Å². The lowest BCUT2D eigenvalue weighted by Crippen LogP contribution is -2.26. The van der Waals surface area contributed by atoms with E-state index in [4.69, 9.17) is 5.73 Å². The van der Waals surface area contributed by atoms with Crippen LogP contribution in [0.3, 0.4) is 0 Å². The van der Waals surface area contributed by atoms with Crippen molar-refractivity contribution in [2.75, 3.05) is 0 Å². The fraction of sp³-hybridized carbons (Fsp3) is 0.429. The maximum atomic E-state index is 12.3. The van der Waals surface area contributed by atoms with Gasteiger partial charge in [-0.15, -0.1) is 0 Å². The minimum Gasteiger partial charge on any atom is -0.366 e. The molecule has 2 aromatic rings. The number of primary amides is 1. The minimum atomic E-state index is -0.501. The number of benzene rings is 1. The lowest BCUT2D eigenvalue weighted by molar-refractivity contribution is 0.100. The average molecular weight is 287 g/mol. The number of tetrazole rings is 1. The van der Waals surface area contributed by atoms with Gasteiger partial charge in [0.25, 0.3) is 0 Å². The molecule has 110 valence electrons. The number of nitrogens with two attached hydrogens (primary N) is 1. The Balaban J connectivity index is 1.84. The summed E-state index contributed by atoms with van der Waals surface area (Å²) in [4.78, 5) is 23.3. The molecule has 21 heavy (non-hydrogen) atoms. The Hall–Kier alpha value is -2.44. The highest BCUT2D eigenvalue weighted by atomic mass is 16.2. The van der Waals surface area contributed by atoms with Crippen molar-refractivity contribution in [3.8, 4) is 5.69 Å². The van der Waals surface area contributed by atoms with E-state index in [9.17, 15) is 9.59 Å². The standard InChI is InChI=1S/C14H17N5O2/c15-13(20)11-5-7-12(8-6-11)19-14(21)18(16-17-19)9-10-3-1-2-4-10/h5-8,10H,1-4,9H2,(H2,15,20). The Morgan fingerprint density at radius 1 is 1.19 bits per heavy atom. The fourth-order valence-electron chi connectivity index (χ4n) is 2.76. The Kier molecular flexibility index (Phi) is 3.55. The Morgan fingerprint density at radius 2 is 1.86 bits per heavy atom. The van der Waals surface area contributed by atoms with Gasteiger partial charge in [-0.3, -0.25) is 4.79 Å². The zero-order valence-corrected chi connectivity index (χ0v) is 11.6. The highest BCUT2D eigenvalue weighted by Crippen LogP contribution is 2.25. The molecular formula is C14H17N5O2. The summed E-state index contributed by atoms with van der Waals surface area (Å²) in [5.74, 6) is 0.0175. The third kappa shape index (κ3) is 2.72. The first-order valence-corrected chi connectivity index (χ1v) is 7.08. The van der Waals surface area contributed by atoms with Crippen LogP contribution >= 0.6 is 0 Å². The van der Waals surface area contributed by atoms with Crippen molar-refractivity contribution in [3.63, 3.8) is 0 Å². The molecule has 3 rings (SSSR count). The maximum Gasteiger partial charge on any atom is 0.368 e. The Morgan fingerprint density at radius 3 is 2.48 bits per heavy atom. The summed E-state index contributed by atoms with van der Waals surface area (Å²) < 4.78 is 2.65. The summed E-state index contributed by atoms with van der Waals surface area (Å²) in [7, 11) is 0. The summed E-state index contributed by atoms with van der Waals surface area (Å²) in [6.45, 7) is 0.623. The summed E-state index contributed by atoms with van der Waals surface area (Å²) in [6.07, 6.45) is 4.74. The topological polar surface area (TPSA) is 95.8 Å². The van der Waals surface area contributed by atoms with E-state index in [2.05, 4.69) is 10.4 Å². The molecule has 1 saturated carbocycles. The number of rotatable bonds is 4. The van der Waals surface area contributed by atoms with E-state index in [0.29, 0.717) is 23.7 Å². The average Bonchev–Trinajstić information content (AvgIpc) is 3.11. The molecule has 0 bridgehead atoms. The number of hydrogen-bond donors (Lipinski definition) is 1. The third-order valence-electron chi connectivity index (χ3n) is 3.94. The van der Waals surface area contributed by atoms with Gasteiger partial charge in [-0.1, -0.05) is 12.8 Å². The van der Waals surface area contributed by atoms with Crippen molar-refractivity contribution >= 4 is 5.91 Å². The largest absolute Gasteiger partial charge is 0.368 e. The van der Waals surface area contributed by atoms with Crippen molar-refractivity contribution < 1.29 is 4.79 Å². The highest BCUT2D eigenvalue weighted by molar-refractivity contribution is 5.92. The van der Waals surface area contributed by atoms with Crippen LogP contribution in [0.2, 0.25) is 0 Å². The Bertz CT molecular complexity index is 695. The molecule has 0 saturated heterocycles. The molecule has 1 aliphatic rings. The number of nitrogens with zero attached hydrogens (tertiary/aromatic N) is 4. The first-order valence-electron chi connectivity index (χ1n) is 7.08. The van der Waals surface area contributed by atoms with Gasteiger partial charge in [0.05, 0.1) is 12.2 Å². The van der Waals surface area contributed by atoms with Crippen LogP contribution in [-0.4, -0.2) is 25.7 Å². The van der Waals surface area contributed by atoms with Crippen LogP contribution in [0.5, 0.6) is 0 Å². The number of hydrogen-bond acceptors (Lipinski definition) is 4. The quantitative estimate of drug-likeness (QED) is 0.896. The summed E-state index contributed by atoms with van der Waals surface area (Å²) in [5, 5.41) is 7.84. The molecule has 0 aliphatic heterocycles. The van der Waals surface area contributed by atoms with Crippen LogP contribution in [0.15, 0.2) is 29.1 Å². The monoisotopic (exact) mass is 287 g/mol. The molecule has 1 fully saturated rings. The van der Waals surface area contributed by atoms with E-state index < -0.39 is 5.91 Å². The Labute approximate surface area is 121 Å². The van der Waals surface area contributed by atoms with Crippen LogP contribution in [0.25, 0.3) is 5.69 Å². The molecule has 2 N–H and O–H groups in total. The molecule has 1 amide bonds. The van der Waals surface area contributed by atoms with E-state index in [0.717, 1.165) is 12.8 Å². The summed E-state index contributed by atoms with van der Waals surface area (Å²) in [5.41, 5.74) is 5.90. The molecule has 1 aliphatic carbocycles. The normalized spacial score (nSPS) is 15.4. The molecule has 1 heterocycles. The lowest BCUT2D eigenvalue weighted by Gasteiger charge is -2.06. The molecule has 0 unspecified atom stereocenters. The second-order valence-electron chi connectivity index (χ2n) is 5.42. The maximum absolute atomic E-state index is 12.3. The molecule has 7 heteroatoms. The number of amides is 1. The van der Waals surface area contributed by atoms with Gasteiger partial charge in [-0.25, -0.2) is 4.79 Å². The SMILES string of the molecule is NC(=O)c1ccc(-n2nnn(CC3CCCC3)c2=O)cc1. The number of carbonyl (C=O) groups is 1. The third-order valence-corrected chi connectivity index (χ3v) is 3.94. The lowest BCUT2D eigenvalue weighted by atomic mass is 10.1. The van der Waals surface area contributed by atoms with Crippen molar-refractivity contribution in [2.45, 2.75) is 32.2 Å². The van der Waals surface area contributed by atoms with Crippen molar-refractivity contribution in [1.29, 1.82) is 0 Å². The van der Waals surface area contributed by atoms with Crippen LogP contribution in [-0.2, 0) is 6.54 Å². The van der Waals surface area contributed by atoms with E-state index in [1.54, 1.807) is 24.3 Å². The highest BCUT2D eigenvalue weighted by Gasteiger charge is 2.18. The minimum absolute atomic E-state index is 0.256. The molecule has 1 aromatic heterocycles. The van der Waals surface area contributed by atoms with Gasteiger partial charge in [0.1, 0.15) is 0 Å². The van der Waals surface area contributed by atoms with Crippen molar-refractivity contribution in [3.05, 3.63) is 40.3 Å². The molecule has 0 spiro atoms. The van der Waals surface area contributed by atoms with Gasteiger partial charge in [0, 0.05) is 5.56 Å². The first kappa shape index (κ1) is 13.5. The fourth-order valence-corrected chi connectivity index (χ4v) is 2.76. The van der Waals surface area contributed by atoms with Crippen LogP contribution in [0.4, 0.5) is 0 Å². The summed E-state index contributed by atoms with van der Waals surface area (Å²) >= 11 is 0. The zero-order chi connectivity index (χ0) is 14.8. The second kappa shape index (κ2) is 5.51.